The fourth-order valence-electron chi connectivity index (χ4n) is 17.1. The molecule has 3 saturated heterocycles. The smallest absolute Gasteiger partial charge is 0.305 e. The highest BCUT2D eigenvalue weighted by Gasteiger charge is 2.44. The zero-order valence-electron chi connectivity index (χ0n) is 79.5. The van der Waals surface area contributed by atoms with Gasteiger partial charge in [-0.15, -0.1) is 23.1 Å². The van der Waals surface area contributed by atoms with Crippen molar-refractivity contribution >= 4 is 135 Å². The van der Waals surface area contributed by atoms with E-state index in [0.717, 1.165) is 39.8 Å². The molecule has 40 nitrogen and oxygen atoms in total. The van der Waals surface area contributed by atoms with E-state index in [1.54, 1.807) is 118 Å². The molecule has 42 heteroatoms. The molecule has 3 aliphatic heterocycles. The lowest BCUT2D eigenvalue weighted by Gasteiger charge is -2.34. The third-order valence-electron chi connectivity index (χ3n) is 24.4. The summed E-state index contributed by atoms with van der Waals surface area (Å²) in [7, 11) is 1.25. The number of anilines is 1. The van der Waals surface area contributed by atoms with E-state index in [0.29, 0.717) is 72.4 Å². The fraction of sp³-hybridized carbons (Fsp3) is 0.480. The first-order valence-electron chi connectivity index (χ1n) is 47.2. The molecule has 2 aromatic heterocycles. The number of pyridine rings is 1. The predicted octanol–water partition coefficient (Wildman–Crippen LogP) is 1.19. The number of likely N-dealkylation sites (N-methyl/N-ethyl adjacent to an activating group) is 1. The minimum atomic E-state index is -2.01. The Balaban J connectivity index is 1.03. The number of hydrogen-bond acceptors (Lipinski definition) is 23. The van der Waals surface area contributed by atoms with Crippen LogP contribution in [0.5, 0.6) is 0 Å². The normalized spacial score (nSPS) is 23.3. The number of aliphatic carboxylic acids is 1. The van der Waals surface area contributed by atoms with Crippen LogP contribution in [0.2, 0.25) is 0 Å². The number of guanidine groups is 1. The minimum Gasteiger partial charge on any atom is -0.481 e. The van der Waals surface area contributed by atoms with Crippen LogP contribution in [0.3, 0.4) is 0 Å². The lowest BCUT2D eigenvalue weighted by atomic mass is 9.83. The van der Waals surface area contributed by atoms with E-state index >= 15 is 43.2 Å². The van der Waals surface area contributed by atoms with Crippen molar-refractivity contribution in [2.24, 2.45) is 29.2 Å². The van der Waals surface area contributed by atoms with E-state index in [2.05, 4.69) is 79.4 Å². The van der Waals surface area contributed by atoms with Gasteiger partial charge in [-0.2, -0.15) is 0 Å². The molecule has 4 fully saturated rings. The first-order chi connectivity index (χ1) is 67.0. The molecule has 5 heterocycles. The number of carboxylic acids is 1. The van der Waals surface area contributed by atoms with Crippen LogP contribution in [0.15, 0.2) is 145 Å². The number of nitrogens with zero attached hydrogens (tertiary/aromatic N) is 4. The maximum atomic E-state index is 15.8. The summed E-state index contributed by atoms with van der Waals surface area (Å²) in [5.41, 5.74) is 16.0. The highest BCUT2D eigenvalue weighted by atomic mass is 32.2. The van der Waals surface area contributed by atoms with E-state index in [4.69, 9.17) is 21.6 Å². The topological polar surface area (TPSA) is 587 Å². The Bertz CT molecular complexity index is 5290. The summed E-state index contributed by atoms with van der Waals surface area (Å²) in [6.07, 6.45) is 2.53. The van der Waals surface area contributed by atoms with Gasteiger partial charge in [-0.3, -0.25) is 96.8 Å². The average Bonchev–Trinajstić information content (AvgIpc) is 1.64. The van der Waals surface area contributed by atoms with Crippen molar-refractivity contribution < 1.29 is 91.4 Å². The monoisotopic (exact) mass is 1970 g/mol. The Morgan fingerprint density at radius 3 is 1.70 bits per heavy atom. The summed E-state index contributed by atoms with van der Waals surface area (Å²) in [6, 6.07) is 20.5. The van der Waals surface area contributed by atoms with Gasteiger partial charge in [0.25, 0.3) is 0 Å². The lowest BCUT2D eigenvalue weighted by Crippen LogP contribution is -2.62. The molecule has 6 aromatic rings. The van der Waals surface area contributed by atoms with Crippen molar-refractivity contribution in [3.63, 3.8) is 0 Å². The number of carbonyl (C=O) groups excluding carboxylic acids is 16. The molecule has 0 spiro atoms. The summed E-state index contributed by atoms with van der Waals surface area (Å²) in [6.45, 7) is 7.62. The minimum absolute atomic E-state index is 0.00681. The molecule has 10 rings (SSSR count). The zero-order chi connectivity index (χ0) is 101. The molecule has 140 heavy (non-hydrogen) atoms. The largest absolute Gasteiger partial charge is 0.481 e. The van der Waals surface area contributed by atoms with Gasteiger partial charge in [0.05, 0.1) is 38.5 Å². The van der Waals surface area contributed by atoms with Crippen molar-refractivity contribution in [3.8, 4) is 22.3 Å². The Kier molecular flexibility index (Phi) is 41.8. The molecule has 4 aromatic carbocycles. The van der Waals surface area contributed by atoms with Crippen molar-refractivity contribution in [1.29, 1.82) is 5.41 Å². The maximum absolute atomic E-state index is 15.8. The number of aromatic nitrogens is 1. The van der Waals surface area contributed by atoms with Gasteiger partial charge in [-0.25, -0.2) is 0 Å². The molecule has 0 bridgehead atoms. The molecule has 12 atom stereocenters. The van der Waals surface area contributed by atoms with Gasteiger partial charge in [-0.1, -0.05) is 150 Å². The van der Waals surface area contributed by atoms with Crippen LogP contribution in [-0.4, -0.2) is 281 Å². The van der Waals surface area contributed by atoms with Crippen LogP contribution in [0.1, 0.15) is 127 Å². The quantitative estimate of drug-likeness (QED) is 0.0206. The molecule has 4 aliphatic rings. The standard InChI is InChI=1S/C98H129N21O19S2/c1-57(2)46-71-88(128)114-78(86(126)104-52-80(99)121)55-139-56-82(123)107-77(53-118-41-43-138-44-42-118)93(133)110-72(47-60-26-30-63(31-27-60)62-18-9-7-10-19-62)89(129)113-76(48-61-28-32-64(33-29-61)65-34-36-67(37-35-65)105-59(5)120)96(136)117(6)54-81(122)106-73(49-68-22-13-14-38-102-68)90(130)111-75(51-83(124)125)92(132)108-70(24-15-39-103-98(100)101)87(127)115-84(58(3)4)97(137)119-40-16-25-79(119)94(134)116-85(66-20-11-8-12-21-66)95(135)112-74(91(131)109-71)50-69-23-17-45-140-69/h7,9-10,13-14,17-19,22-23,26-38,45,57-58,66,70-79,84-85H,8,11-12,15-16,20-21,24-25,39-44,46-56H2,1-6H3,(H2,99,121)(H,104,126)(H,105,120)(H,106,122)(H,107,123)(H,108,132)(H,109,131)(H,110,133)(H,111,130)(H,112,135)(H,113,129)(H,114,128)(H,115,127)(H,116,134)(H,124,125)(H4,100,101,103)/t70-,71+,72+,73+,74+,75+,76+,77+,78+,79+,84+,85+/m1/s1. The fourth-order valence-corrected chi connectivity index (χ4v) is 18.7. The predicted molar refractivity (Wildman–Crippen MR) is 524 cm³/mol. The van der Waals surface area contributed by atoms with Gasteiger partial charge in [0.15, 0.2) is 5.96 Å². The van der Waals surface area contributed by atoms with E-state index < -0.39 is 217 Å². The number of hydrogen-bond donors (Lipinski definition) is 18. The number of carboxylic acid groups (broad SMARTS) is 1. The second kappa shape index (κ2) is 54.0. The Labute approximate surface area is 820 Å². The number of thioether (sulfide) groups is 1. The SMILES string of the molecule is CC(=O)Nc1ccc(-c2ccc(C[C@@H]3NC(=O)[C@H](Cc4ccc(-c5ccccc5)cc4)NC(=O)[C@H](CN4CCOCC4)NC(=O)CSC[C@@H](C(=O)NCC(N)=O)NC(=O)[C@H](CC(C)C)NC(=O)[C@H](Cc4cccs4)NC(=O)[C@H](C4CCCCC4)NC(=O)[C@@H]4CCCN4C(=O)[C@H](C(C)C)NC(=O)[C@@H](CCCNC(=N)N)NC(=O)[C@H](CC(=O)O)NC(=O)[C@H](Cc4ccccn4)NC(=O)CN(C)C3=O)cc2)cc1. The van der Waals surface area contributed by atoms with E-state index in [1.165, 1.54) is 42.5 Å². The molecule has 0 unspecified atom stereocenters. The van der Waals surface area contributed by atoms with Crippen LogP contribution in [0.25, 0.3) is 22.3 Å². The summed E-state index contributed by atoms with van der Waals surface area (Å²) in [5.74, 6) is -18.2. The van der Waals surface area contributed by atoms with Gasteiger partial charge in [-0.05, 0) is 132 Å². The molecule has 0 radical (unpaired) electrons. The first kappa shape index (κ1) is 108. The van der Waals surface area contributed by atoms with Crippen LogP contribution in [0, 0.1) is 23.2 Å². The maximum Gasteiger partial charge on any atom is 0.305 e. The molecule has 752 valence electrons. The molecular weight excluding hydrogens is 1840 g/mol. The number of ether oxygens (including phenoxy) is 1. The second-order valence-corrected chi connectivity index (χ2v) is 38.3. The number of morpholine rings is 1. The number of carbonyl (C=O) groups is 17. The molecule has 16 amide bonds. The van der Waals surface area contributed by atoms with Crippen molar-refractivity contribution in [2.75, 3.05) is 82.9 Å². The third-order valence-corrected chi connectivity index (χ3v) is 26.3. The number of rotatable bonds is 26. The lowest BCUT2D eigenvalue weighted by molar-refractivity contribution is -0.144. The van der Waals surface area contributed by atoms with Crippen molar-refractivity contribution in [2.45, 2.75) is 203 Å². The zero-order valence-corrected chi connectivity index (χ0v) is 81.1. The Morgan fingerprint density at radius 2 is 1.10 bits per heavy atom. The first-order valence-corrected chi connectivity index (χ1v) is 49.2. The highest BCUT2D eigenvalue weighted by Crippen LogP contribution is 2.30. The molecular formula is C98H129N21O19S2. The van der Waals surface area contributed by atoms with Crippen LogP contribution < -0.4 is 85.9 Å². The van der Waals surface area contributed by atoms with Gasteiger partial charge < -0.3 is 106 Å². The number of primary amides is 1. The van der Waals surface area contributed by atoms with Crippen molar-refractivity contribution in [3.05, 3.63) is 167 Å². The van der Waals surface area contributed by atoms with Gasteiger partial charge in [0, 0.05) is 101 Å². The van der Waals surface area contributed by atoms with Crippen LogP contribution in [-0.2, 0) is 112 Å². The van der Waals surface area contributed by atoms with E-state index in [9.17, 15) is 43.5 Å². The Hall–Kier alpha value is -13.7. The third kappa shape index (κ3) is 34.1. The highest BCUT2D eigenvalue weighted by molar-refractivity contribution is 8.00. The van der Waals surface area contributed by atoms with Crippen molar-refractivity contribution in [1.82, 2.24) is 88.8 Å². The number of nitrogens with one attached hydrogen (secondary N) is 15. The number of thiophene rings is 1. The number of benzene rings is 4. The van der Waals surface area contributed by atoms with E-state index in [1.807, 2.05) is 47.4 Å². The second-order valence-electron chi connectivity index (χ2n) is 36.2. The summed E-state index contributed by atoms with van der Waals surface area (Å²) in [5, 5.41) is 58.1. The number of fused-ring (bicyclic) bond motifs is 1. The van der Waals surface area contributed by atoms with E-state index in [-0.39, 0.29) is 101 Å². The summed E-state index contributed by atoms with van der Waals surface area (Å²) >= 11 is 2.13. The van der Waals surface area contributed by atoms with Crippen LogP contribution >= 0.6 is 23.1 Å². The number of nitrogens with two attached hydrogens (primary N) is 2. The summed E-state index contributed by atoms with van der Waals surface area (Å²) in [4.78, 5) is 258. The summed E-state index contributed by atoms with van der Waals surface area (Å²) < 4.78 is 5.66. The molecule has 20 N–H and O–H groups in total. The average molecular weight is 1970 g/mol. The van der Waals surface area contributed by atoms with Crippen LogP contribution in [0.4, 0.5) is 5.69 Å². The Morgan fingerprint density at radius 1 is 0.543 bits per heavy atom. The van der Waals surface area contributed by atoms with Gasteiger partial charge in [0.1, 0.15) is 72.5 Å². The van der Waals surface area contributed by atoms with Gasteiger partial charge in [0.2, 0.25) is 94.5 Å². The molecule has 1 saturated carbocycles. The molecule has 1 aliphatic carbocycles. The van der Waals surface area contributed by atoms with Gasteiger partial charge >= 0.3 is 5.97 Å². The number of amides is 16.